The predicted octanol–water partition coefficient (Wildman–Crippen LogP) is 9.26. The number of nitriles is 2. The van der Waals surface area contributed by atoms with Crippen LogP contribution in [0, 0.1) is 69.0 Å². The van der Waals surface area contributed by atoms with E-state index < -0.39 is 0 Å². The van der Waals surface area contributed by atoms with Crippen LogP contribution in [-0.2, 0) is 0 Å². The summed E-state index contributed by atoms with van der Waals surface area (Å²) in [6.07, 6.45) is 28.0. The quantitative estimate of drug-likeness (QED) is 0.332. The lowest BCUT2D eigenvalue weighted by molar-refractivity contribution is 0.316. The molecule has 0 fully saturated rings. The van der Waals surface area contributed by atoms with Gasteiger partial charge in [-0.1, -0.05) is 118 Å². The molecule has 1 heterocycles. The van der Waals surface area contributed by atoms with Crippen LogP contribution < -0.4 is 5.32 Å². The Balaban J connectivity index is 1.10. The van der Waals surface area contributed by atoms with Crippen molar-refractivity contribution in [1.29, 1.82) is 10.5 Å². The van der Waals surface area contributed by atoms with Crippen molar-refractivity contribution >= 4 is 11.7 Å². The van der Waals surface area contributed by atoms with Gasteiger partial charge in [-0.05, 0) is 66.4 Å². The van der Waals surface area contributed by atoms with E-state index >= 15 is 0 Å². The van der Waals surface area contributed by atoms with Gasteiger partial charge in [-0.3, -0.25) is 0 Å². The average Bonchev–Trinajstić information content (AvgIpc) is 3.38. The molecular weight excluding hydrogens is 599 g/mol. The molecule has 0 saturated heterocycles. The Morgan fingerprint density at radius 2 is 1.76 bits per heavy atom. The molecule has 0 radical (unpaired) electrons. The van der Waals surface area contributed by atoms with E-state index in [-0.39, 0.29) is 46.6 Å². The summed E-state index contributed by atoms with van der Waals surface area (Å²) >= 11 is 0. The van der Waals surface area contributed by atoms with Crippen LogP contribution in [0.5, 0.6) is 0 Å². The van der Waals surface area contributed by atoms with Gasteiger partial charge in [0.05, 0.1) is 18.1 Å². The maximum Gasteiger partial charge on any atom is 0.150 e. The van der Waals surface area contributed by atoms with Crippen molar-refractivity contribution in [1.82, 2.24) is 5.32 Å². The summed E-state index contributed by atoms with van der Waals surface area (Å²) < 4.78 is 0. The fraction of sp³-hybridized carbons (Fsp3) is 0.409. The Morgan fingerprint density at radius 3 is 2.51 bits per heavy atom. The molecule has 5 heteroatoms. The van der Waals surface area contributed by atoms with Gasteiger partial charge in [0, 0.05) is 45.6 Å². The lowest BCUT2D eigenvalue weighted by Crippen LogP contribution is -2.42. The highest BCUT2D eigenvalue weighted by Gasteiger charge is 2.51. The summed E-state index contributed by atoms with van der Waals surface area (Å²) in [4.78, 5) is 10.6. The third kappa shape index (κ3) is 5.18. The van der Waals surface area contributed by atoms with E-state index in [1.165, 1.54) is 17.6 Å². The molecule has 49 heavy (non-hydrogen) atoms. The molecule has 1 aromatic rings. The van der Waals surface area contributed by atoms with Crippen LogP contribution in [0.15, 0.2) is 135 Å². The zero-order valence-electron chi connectivity index (χ0n) is 29.0. The molecule has 0 aromatic heterocycles. The van der Waals surface area contributed by atoms with Crippen LogP contribution in [0.25, 0.3) is 0 Å². The fourth-order valence-electron chi connectivity index (χ4n) is 9.52. The molecule has 1 aliphatic heterocycles. The Labute approximate surface area is 291 Å². The number of allylic oxidation sites excluding steroid dienone is 14. The molecule has 8 rings (SSSR count). The lowest BCUT2D eigenvalue weighted by Gasteiger charge is -2.42. The average molecular weight is 644 g/mol. The van der Waals surface area contributed by atoms with Crippen molar-refractivity contribution in [3.05, 3.63) is 130 Å². The Morgan fingerprint density at radius 1 is 0.918 bits per heavy atom. The molecule has 6 aliphatic carbocycles. The van der Waals surface area contributed by atoms with Gasteiger partial charge in [-0.25, -0.2) is 9.98 Å². The van der Waals surface area contributed by atoms with E-state index in [9.17, 15) is 10.5 Å². The summed E-state index contributed by atoms with van der Waals surface area (Å²) in [5.41, 5.74) is 9.02. The standard InChI is InChI=1S/C44H45N5/c1-27-33(25-45)22-32(23-34(27)26-46)28-13-15-30(16-14-28)41-47-40(29-10-6-5-7-11-29)48-42(49-41)31-17-19-36-38(24-31)43(2,3)37-20-18-35-12-8-9-21-44(35,4)39(36)37/h5-13,15,19,21-24,27-28,30-31,33,35,41H,14,16-18,20H2,1-4H3,(H,47,48,49). The molecule has 1 N–H and O–H groups in total. The first-order chi connectivity index (χ1) is 23.7. The number of aliphatic imine (C=N–C) groups is 2. The highest BCUT2D eigenvalue weighted by molar-refractivity contribution is 6.11. The van der Waals surface area contributed by atoms with Gasteiger partial charge in [-0.15, -0.1) is 0 Å². The molecule has 1 aromatic carbocycles. The Kier molecular flexibility index (Phi) is 7.72. The highest BCUT2D eigenvalue weighted by Crippen LogP contribution is 2.63. The molecule has 0 amide bonds. The van der Waals surface area contributed by atoms with Crippen molar-refractivity contribution in [2.45, 2.75) is 66.0 Å². The minimum atomic E-state index is -0.264. The Hall–Kier alpha value is -4.74. The largest absolute Gasteiger partial charge is 0.328 e. The van der Waals surface area contributed by atoms with E-state index in [1.807, 2.05) is 19.1 Å². The fourth-order valence-corrected chi connectivity index (χ4v) is 9.52. The van der Waals surface area contributed by atoms with Crippen molar-refractivity contribution in [2.75, 3.05) is 0 Å². The zero-order valence-corrected chi connectivity index (χ0v) is 29.0. The van der Waals surface area contributed by atoms with Gasteiger partial charge < -0.3 is 5.32 Å². The number of hydrogen-bond donors (Lipinski definition) is 1. The maximum absolute atomic E-state index is 9.74. The maximum atomic E-state index is 9.74. The van der Waals surface area contributed by atoms with Gasteiger partial charge >= 0.3 is 0 Å². The second kappa shape index (κ2) is 12.0. The molecular formula is C44H45N5. The molecule has 246 valence electrons. The summed E-state index contributed by atoms with van der Waals surface area (Å²) in [5.74, 6) is 2.63. The number of nitrogens with zero attached hydrogens (tertiary/aromatic N) is 4. The van der Waals surface area contributed by atoms with Crippen molar-refractivity contribution in [3.8, 4) is 12.1 Å². The van der Waals surface area contributed by atoms with Crippen molar-refractivity contribution in [3.63, 3.8) is 0 Å². The number of hydrogen-bond acceptors (Lipinski definition) is 5. The zero-order chi connectivity index (χ0) is 33.9. The number of amidine groups is 2. The first kappa shape index (κ1) is 31.5. The molecule has 0 saturated carbocycles. The van der Waals surface area contributed by atoms with Crippen molar-refractivity contribution in [2.24, 2.45) is 56.3 Å². The smallest absolute Gasteiger partial charge is 0.150 e. The highest BCUT2D eigenvalue weighted by atomic mass is 15.2. The predicted molar refractivity (Wildman–Crippen MR) is 197 cm³/mol. The third-order valence-corrected chi connectivity index (χ3v) is 12.5. The molecule has 8 atom stereocenters. The summed E-state index contributed by atoms with van der Waals surface area (Å²) in [5, 5.41) is 23.2. The van der Waals surface area contributed by atoms with Gasteiger partial charge in [0.15, 0.2) is 0 Å². The number of rotatable bonds is 4. The van der Waals surface area contributed by atoms with E-state index in [0.717, 1.165) is 48.5 Å². The normalized spacial score (nSPS) is 35.5. The van der Waals surface area contributed by atoms with Crippen LogP contribution in [-0.4, -0.2) is 17.8 Å². The third-order valence-electron chi connectivity index (χ3n) is 12.5. The minimum absolute atomic E-state index is 0.00900. The molecule has 0 bridgehead atoms. The summed E-state index contributed by atoms with van der Waals surface area (Å²) in [7, 11) is 0. The lowest BCUT2D eigenvalue weighted by atomic mass is 9.61. The second-order valence-electron chi connectivity index (χ2n) is 15.6. The SMILES string of the molecule is CC1C(C#N)=CC(C2C=CC(C3N=C(c4ccccc4)NC(C4C=C5C(=CC4)C4=C(CCC6C=CC=CC46C)C5(C)C)=N3)CC2)=CC1C#N. The molecule has 5 nitrogen and oxygen atoms in total. The first-order valence-corrected chi connectivity index (χ1v) is 18.1. The van der Waals surface area contributed by atoms with E-state index in [0.29, 0.717) is 11.5 Å². The van der Waals surface area contributed by atoms with Crippen LogP contribution >= 0.6 is 0 Å². The monoisotopic (exact) mass is 643 g/mol. The van der Waals surface area contributed by atoms with Gasteiger partial charge in [0.25, 0.3) is 0 Å². The van der Waals surface area contributed by atoms with Gasteiger partial charge in [0.2, 0.25) is 0 Å². The summed E-state index contributed by atoms with van der Waals surface area (Å²) in [6, 6.07) is 15.2. The van der Waals surface area contributed by atoms with Crippen LogP contribution in [0.2, 0.25) is 0 Å². The summed E-state index contributed by atoms with van der Waals surface area (Å²) in [6.45, 7) is 9.28. The van der Waals surface area contributed by atoms with E-state index in [4.69, 9.17) is 9.98 Å². The Bertz CT molecular complexity index is 1980. The topological polar surface area (TPSA) is 84.3 Å². The molecule has 8 unspecified atom stereocenters. The first-order valence-electron chi connectivity index (χ1n) is 18.1. The number of benzene rings is 1. The van der Waals surface area contributed by atoms with Gasteiger partial charge in [-0.2, -0.15) is 10.5 Å². The van der Waals surface area contributed by atoms with E-state index in [2.05, 4.69) is 117 Å². The van der Waals surface area contributed by atoms with E-state index in [1.54, 1.807) is 11.1 Å². The minimum Gasteiger partial charge on any atom is -0.328 e. The number of fused-ring (bicyclic) bond motifs is 4. The second-order valence-corrected chi connectivity index (χ2v) is 15.6. The molecule has 7 aliphatic rings. The van der Waals surface area contributed by atoms with Crippen LogP contribution in [0.1, 0.15) is 65.4 Å². The van der Waals surface area contributed by atoms with Crippen molar-refractivity contribution < 1.29 is 0 Å². The van der Waals surface area contributed by atoms with Crippen LogP contribution in [0.4, 0.5) is 0 Å². The van der Waals surface area contributed by atoms with Gasteiger partial charge in [0.1, 0.15) is 17.8 Å². The molecule has 0 spiro atoms. The number of nitrogens with one attached hydrogen (secondary N) is 1. The van der Waals surface area contributed by atoms with Crippen LogP contribution in [0.3, 0.4) is 0 Å².